The van der Waals surface area contributed by atoms with Crippen molar-refractivity contribution in [3.63, 3.8) is 0 Å². The predicted octanol–water partition coefficient (Wildman–Crippen LogP) is 1.70. The van der Waals surface area contributed by atoms with E-state index in [0.29, 0.717) is 6.04 Å². The number of benzene rings is 1. The summed E-state index contributed by atoms with van der Waals surface area (Å²) in [5, 5.41) is 6.15. The van der Waals surface area contributed by atoms with Crippen LogP contribution in [0, 0.1) is 5.82 Å². The molecule has 3 nitrogen and oxygen atoms in total. The third kappa shape index (κ3) is 3.03. The van der Waals surface area contributed by atoms with Crippen LogP contribution in [0.4, 0.5) is 4.39 Å². The zero-order chi connectivity index (χ0) is 12.3. The number of rotatable bonds is 2. The normalized spacial score (nSPS) is 24.4. The zero-order valence-corrected chi connectivity index (χ0v) is 9.87. The van der Waals surface area contributed by atoms with Crippen LogP contribution in [-0.4, -0.2) is 24.5 Å². The Morgan fingerprint density at radius 2 is 2.18 bits per heavy atom. The van der Waals surface area contributed by atoms with Crippen molar-refractivity contribution < 1.29 is 9.18 Å². The lowest BCUT2D eigenvalue weighted by Crippen LogP contribution is -2.48. The molecule has 0 aliphatic carbocycles. The summed E-state index contributed by atoms with van der Waals surface area (Å²) in [6.07, 6.45) is 1.97. The lowest BCUT2D eigenvalue weighted by molar-refractivity contribution is 0.0923. The van der Waals surface area contributed by atoms with Crippen LogP contribution in [0.3, 0.4) is 0 Å². The molecule has 2 N–H and O–H groups in total. The van der Waals surface area contributed by atoms with Crippen LogP contribution in [0.15, 0.2) is 24.3 Å². The molecule has 0 bridgehead atoms. The summed E-state index contributed by atoms with van der Waals surface area (Å²) >= 11 is 0. The first-order chi connectivity index (χ1) is 8.16. The van der Waals surface area contributed by atoms with E-state index < -0.39 is 5.82 Å². The minimum atomic E-state index is -0.470. The fourth-order valence-corrected chi connectivity index (χ4v) is 2.03. The SMILES string of the molecule is CC1CCC(NC(=O)c2ccccc2F)CN1. The van der Waals surface area contributed by atoms with Gasteiger partial charge in [-0.1, -0.05) is 12.1 Å². The summed E-state index contributed by atoms with van der Waals surface area (Å²) in [5.74, 6) is -0.799. The van der Waals surface area contributed by atoms with E-state index in [1.807, 2.05) is 0 Å². The summed E-state index contributed by atoms with van der Waals surface area (Å²) in [6.45, 7) is 2.87. The Bertz CT molecular complexity index is 400. The number of hydrogen-bond donors (Lipinski definition) is 2. The van der Waals surface area contributed by atoms with Crippen LogP contribution in [-0.2, 0) is 0 Å². The van der Waals surface area contributed by atoms with Crippen LogP contribution < -0.4 is 10.6 Å². The van der Waals surface area contributed by atoms with Gasteiger partial charge in [0.25, 0.3) is 5.91 Å². The van der Waals surface area contributed by atoms with Gasteiger partial charge >= 0.3 is 0 Å². The number of halogens is 1. The number of hydrogen-bond acceptors (Lipinski definition) is 2. The second kappa shape index (κ2) is 5.27. The third-order valence-electron chi connectivity index (χ3n) is 3.11. The second-order valence-electron chi connectivity index (χ2n) is 4.54. The largest absolute Gasteiger partial charge is 0.348 e. The Morgan fingerprint density at radius 1 is 1.41 bits per heavy atom. The fraction of sp³-hybridized carbons (Fsp3) is 0.462. The summed E-state index contributed by atoms with van der Waals surface area (Å²) < 4.78 is 13.4. The van der Waals surface area contributed by atoms with E-state index in [1.54, 1.807) is 12.1 Å². The lowest BCUT2D eigenvalue weighted by Gasteiger charge is -2.28. The fourth-order valence-electron chi connectivity index (χ4n) is 2.03. The summed E-state index contributed by atoms with van der Waals surface area (Å²) in [4.78, 5) is 11.8. The Balaban J connectivity index is 1.96. The number of amides is 1. The zero-order valence-electron chi connectivity index (χ0n) is 9.87. The van der Waals surface area contributed by atoms with E-state index in [0.717, 1.165) is 19.4 Å². The molecule has 2 unspecified atom stereocenters. The van der Waals surface area contributed by atoms with Gasteiger partial charge in [-0.05, 0) is 31.9 Å². The van der Waals surface area contributed by atoms with Gasteiger partial charge in [0.2, 0.25) is 0 Å². The summed E-state index contributed by atoms with van der Waals surface area (Å²) in [5.41, 5.74) is 0.117. The maximum absolute atomic E-state index is 13.4. The van der Waals surface area contributed by atoms with Crippen molar-refractivity contribution in [3.8, 4) is 0 Å². The first kappa shape index (κ1) is 12.0. The molecule has 1 aliphatic rings. The second-order valence-corrected chi connectivity index (χ2v) is 4.54. The minimum absolute atomic E-state index is 0.0957. The number of carbonyl (C=O) groups is 1. The maximum Gasteiger partial charge on any atom is 0.254 e. The van der Waals surface area contributed by atoms with Crippen LogP contribution in [0.25, 0.3) is 0 Å². The first-order valence-electron chi connectivity index (χ1n) is 5.95. The van der Waals surface area contributed by atoms with Crippen LogP contribution in [0.1, 0.15) is 30.1 Å². The Kier molecular flexibility index (Phi) is 3.74. The van der Waals surface area contributed by atoms with E-state index >= 15 is 0 Å². The van der Waals surface area contributed by atoms with Crippen LogP contribution >= 0.6 is 0 Å². The molecular weight excluding hydrogens is 219 g/mol. The molecule has 1 saturated heterocycles. The molecule has 1 aromatic rings. The van der Waals surface area contributed by atoms with Crippen molar-refractivity contribution in [2.45, 2.75) is 31.8 Å². The highest BCUT2D eigenvalue weighted by Crippen LogP contribution is 2.10. The monoisotopic (exact) mass is 236 g/mol. The van der Waals surface area contributed by atoms with Gasteiger partial charge in [0.15, 0.2) is 0 Å². The summed E-state index contributed by atoms with van der Waals surface area (Å²) in [7, 11) is 0. The van der Waals surface area contributed by atoms with Crippen LogP contribution in [0.5, 0.6) is 0 Å². The van der Waals surface area contributed by atoms with Gasteiger partial charge in [-0.25, -0.2) is 4.39 Å². The van der Waals surface area contributed by atoms with Crippen molar-refractivity contribution in [2.24, 2.45) is 0 Å². The van der Waals surface area contributed by atoms with E-state index in [9.17, 15) is 9.18 Å². The van der Waals surface area contributed by atoms with Gasteiger partial charge < -0.3 is 10.6 Å². The number of nitrogens with one attached hydrogen (secondary N) is 2. The van der Waals surface area contributed by atoms with Crippen molar-refractivity contribution in [1.82, 2.24) is 10.6 Å². The number of piperidine rings is 1. The van der Waals surface area contributed by atoms with Crippen molar-refractivity contribution >= 4 is 5.91 Å². The average Bonchev–Trinajstić information content (AvgIpc) is 2.32. The first-order valence-corrected chi connectivity index (χ1v) is 5.95. The van der Waals surface area contributed by atoms with E-state index in [-0.39, 0.29) is 17.5 Å². The van der Waals surface area contributed by atoms with Gasteiger partial charge in [0.05, 0.1) is 5.56 Å². The maximum atomic E-state index is 13.4. The number of carbonyl (C=O) groups excluding carboxylic acids is 1. The quantitative estimate of drug-likeness (QED) is 0.820. The molecule has 0 saturated carbocycles. The van der Waals surface area contributed by atoms with Gasteiger partial charge in [-0.15, -0.1) is 0 Å². The highest BCUT2D eigenvalue weighted by atomic mass is 19.1. The minimum Gasteiger partial charge on any atom is -0.348 e. The smallest absolute Gasteiger partial charge is 0.254 e. The molecule has 1 fully saturated rings. The molecule has 92 valence electrons. The van der Waals surface area contributed by atoms with Crippen molar-refractivity contribution in [3.05, 3.63) is 35.6 Å². The Hall–Kier alpha value is -1.42. The molecule has 1 aromatic carbocycles. The molecule has 1 aliphatic heterocycles. The molecule has 1 amide bonds. The molecule has 1 heterocycles. The van der Waals surface area contributed by atoms with Crippen molar-refractivity contribution in [2.75, 3.05) is 6.54 Å². The molecular formula is C13H17FN2O. The third-order valence-corrected chi connectivity index (χ3v) is 3.11. The van der Waals surface area contributed by atoms with Gasteiger partial charge in [-0.3, -0.25) is 4.79 Å². The standard InChI is InChI=1S/C13H17FN2O/c1-9-6-7-10(8-15-9)16-13(17)11-4-2-3-5-12(11)14/h2-5,9-10,15H,6-8H2,1H3,(H,16,17). The van der Waals surface area contributed by atoms with E-state index in [2.05, 4.69) is 17.6 Å². The lowest BCUT2D eigenvalue weighted by atomic mass is 10.0. The average molecular weight is 236 g/mol. The highest BCUT2D eigenvalue weighted by molar-refractivity contribution is 5.94. The molecule has 4 heteroatoms. The molecule has 0 spiro atoms. The van der Waals surface area contributed by atoms with Gasteiger partial charge in [-0.2, -0.15) is 0 Å². The topological polar surface area (TPSA) is 41.1 Å². The summed E-state index contributed by atoms with van der Waals surface area (Å²) in [6, 6.07) is 6.64. The van der Waals surface area contributed by atoms with Gasteiger partial charge in [0, 0.05) is 18.6 Å². The molecule has 17 heavy (non-hydrogen) atoms. The van der Waals surface area contributed by atoms with Crippen LogP contribution in [0.2, 0.25) is 0 Å². The molecule has 0 aromatic heterocycles. The molecule has 2 atom stereocenters. The Morgan fingerprint density at radius 3 is 2.82 bits per heavy atom. The molecule has 2 rings (SSSR count). The Labute approximate surface area is 100 Å². The van der Waals surface area contributed by atoms with Crippen molar-refractivity contribution in [1.29, 1.82) is 0 Å². The van der Waals surface area contributed by atoms with Gasteiger partial charge in [0.1, 0.15) is 5.82 Å². The molecule has 0 radical (unpaired) electrons. The predicted molar refractivity (Wildman–Crippen MR) is 64.4 cm³/mol. The van der Waals surface area contributed by atoms with E-state index in [4.69, 9.17) is 0 Å². The van der Waals surface area contributed by atoms with E-state index in [1.165, 1.54) is 12.1 Å². The highest BCUT2D eigenvalue weighted by Gasteiger charge is 2.20.